The maximum Gasteiger partial charge on any atom is 0.130 e. The predicted molar refractivity (Wildman–Crippen MR) is 92.5 cm³/mol. The van der Waals surface area contributed by atoms with Crippen LogP contribution in [0.15, 0.2) is 42.5 Å². The van der Waals surface area contributed by atoms with Gasteiger partial charge in [0, 0.05) is 31.3 Å². The zero-order valence-electron chi connectivity index (χ0n) is 14.2. The first-order valence-corrected chi connectivity index (χ1v) is 8.08. The van der Waals surface area contributed by atoms with Crippen LogP contribution in [0.5, 0.6) is 0 Å². The van der Waals surface area contributed by atoms with Crippen molar-refractivity contribution in [2.45, 2.75) is 19.2 Å². The smallest absolute Gasteiger partial charge is 0.130 e. The lowest BCUT2D eigenvalue weighted by Gasteiger charge is -2.25. The Balaban J connectivity index is 2.09. The van der Waals surface area contributed by atoms with Crippen molar-refractivity contribution in [3.8, 4) is 12.3 Å². The number of hydrogen-bond acceptors (Lipinski definition) is 3. The van der Waals surface area contributed by atoms with E-state index in [2.05, 4.69) is 5.92 Å². The van der Waals surface area contributed by atoms with Crippen molar-refractivity contribution >= 4 is 0 Å². The van der Waals surface area contributed by atoms with Gasteiger partial charge in [0.1, 0.15) is 24.1 Å². The van der Waals surface area contributed by atoms with Crippen LogP contribution in [0.1, 0.15) is 11.1 Å². The summed E-state index contributed by atoms with van der Waals surface area (Å²) in [5, 5.41) is 10.1. The van der Waals surface area contributed by atoms with E-state index in [4.69, 9.17) is 11.2 Å². The van der Waals surface area contributed by atoms with E-state index in [9.17, 15) is 18.3 Å². The predicted octanol–water partition coefficient (Wildman–Crippen LogP) is 3.12. The Morgan fingerprint density at radius 2 is 1.73 bits per heavy atom. The quantitative estimate of drug-likeness (QED) is 0.549. The van der Waals surface area contributed by atoms with Gasteiger partial charge in [0.15, 0.2) is 0 Å². The van der Waals surface area contributed by atoms with Gasteiger partial charge in [0.05, 0.1) is 12.7 Å². The number of halogens is 3. The van der Waals surface area contributed by atoms with Gasteiger partial charge in [-0.25, -0.2) is 13.2 Å². The minimum absolute atomic E-state index is 0.0377. The maximum absolute atomic E-state index is 14.0. The van der Waals surface area contributed by atoms with Crippen molar-refractivity contribution in [1.82, 2.24) is 4.90 Å². The first-order valence-electron chi connectivity index (χ1n) is 8.08. The van der Waals surface area contributed by atoms with Gasteiger partial charge in [0.2, 0.25) is 0 Å². The summed E-state index contributed by atoms with van der Waals surface area (Å²) in [4.78, 5) is 1.77. The Labute approximate surface area is 151 Å². The van der Waals surface area contributed by atoms with Crippen molar-refractivity contribution in [2.24, 2.45) is 0 Å². The normalized spacial score (nSPS) is 12.2. The Hall–Kier alpha value is -2.33. The number of aliphatic hydroxyl groups is 1. The molecule has 1 atom stereocenters. The highest BCUT2D eigenvalue weighted by atomic mass is 19.1. The molecule has 2 aromatic carbocycles. The lowest BCUT2D eigenvalue weighted by molar-refractivity contribution is 0.0241. The van der Waals surface area contributed by atoms with Crippen LogP contribution in [0.3, 0.4) is 0 Å². The Bertz CT molecular complexity index is 744. The second-order valence-electron chi connectivity index (χ2n) is 5.90. The largest absolute Gasteiger partial charge is 0.389 e. The number of rotatable bonds is 9. The fourth-order valence-corrected chi connectivity index (χ4v) is 2.53. The monoisotopic (exact) mass is 363 g/mol. The summed E-state index contributed by atoms with van der Waals surface area (Å²) in [6.45, 7) is 0.801. The van der Waals surface area contributed by atoms with Crippen molar-refractivity contribution in [2.75, 3.05) is 19.8 Å². The van der Waals surface area contributed by atoms with Crippen LogP contribution in [0, 0.1) is 29.8 Å². The van der Waals surface area contributed by atoms with Gasteiger partial charge >= 0.3 is 0 Å². The molecule has 0 amide bonds. The molecule has 3 nitrogen and oxygen atoms in total. The molecule has 26 heavy (non-hydrogen) atoms. The summed E-state index contributed by atoms with van der Waals surface area (Å²) in [7, 11) is 0. The number of terminal acetylenes is 1. The molecule has 0 saturated carbocycles. The Morgan fingerprint density at radius 3 is 2.38 bits per heavy atom. The van der Waals surface area contributed by atoms with Crippen molar-refractivity contribution < 1.29 is 23.0 Å². The van der Waals surface area contributed by atoms with Gasteiger partial charge in [-0.05, 0) is 23.8 Å². The first kappa shape index (κ1) is 20.0. The molecule has 0 spiro atoms. The highest BCUT2D eigenvalue weighted by Crippen LogP contribution is 2.15. The highest BCUT2D eigenvalue weighted by Gasteiger charge is 2.15. The molecule has 0 aliphatic heterocycles. The molecule has 1 unspecified atom stereocenters. The molecule has 2 rings (SSSR count). The molecule has 0 heterocycles. The molecule has 0 saturated heterocycles. The number of ether oxygens (including phenoxy) is 1. The first-order chi connectivity index (χ1) is 12.5. The molecule has 2 aromatic rings. The standard InChI is InChI=1S/C20H20F3NO2/c1-2-9-26-14-19(25)13-24(11-15-3-6-17(21)7-4-15)12-16-5-8-18(22)10-20(16)23/h1,3-8,10,19,25H,9,11-14H2. The average Bonchev–Trinajstić information content (AvgIpc) is 2.59. The summed E-state index contributed by atoms with van der Waals surface area (Å²) < 4.78 is 45.2. The van der Waals surface area contributed by atoms with Crippen LogP contribution in [0.25, 0.3) is 0 Å². The number of hydrogen-bond donors (Lipinski definition) is 1. The zero-order valence-corrected chi connectivity index (χ0v) is 14.2. The van der Waals surface area contributed by atoms with E-state index in [0.717, 1.165) is 11.6 Å². The van der Waals surface area contributed by atoms with Gasteiger partial charge in [-0.3, -0.25) is 4.90 Å². The van der Waals surface area contributed by atoms with Gasteiger partial charge in [0.25, 0.3) is 0 Å². The topological polar surface area (TPSA) is 32.7 Å². The van der Waals surface area contributed by atoms with Crippen LogP contribution in [-0.4, -0.2) is 35.9 Å². The van der Waals surface area contributed by atoms with Crippen LogP contribution in [-0.2, 0) is 17.8 Å². The third-order valence-electron chi connectivity index (χ3n) is 3.69. The number of aliphatic hydroxyl groups excluding tert-OH is 1. The summed E-state index contributed by atoms with van der Waals surface area (Å²) in [6.07, 6.45) is 4.25. The zero-order chi connectivity index (χ0) is 18.9. The molecule has 0 aromatic heterocycles. The van der Waals surface area contributed by atoms with Gasteiger partial charge in [-0.1, -0.05) is 24.1 Å². The van der Waals surface area contributed by atoms with E-state index in [1.165, 1.54) is 24.3 Å². The Morgan fingerprint density at radius 1 is 1.04 bits per heavy atom. The highest BCUT2D eigenvalue weighted by molar-refractivity contribution is 5.20. The molecular weight excluding hydrogens is 343 g/mol. The second-order valence-corrected chi connectivity index (χ2v) is 5.90. The molecule has 0 aliphatic rings. The van der Waals surface area contributed by atoms with Crippen molar-refractivity contribution in [1.29, 1.82) is 0 Å². The molecule has 138 valence electrons. The molecule has 0 fully saturated rings. The number of benzene rings is 2. The maximum atomic E-state index is 14.0. The third kappa shape index (κ3) is 6.52. The fraction of sp³-hybridized carbons (Fsp3) is 0.300. The molecule has 0 radical (unpaired) electrons. The van der Waals surface area contributed by atoms with E-state index < -0.39 is 17.7 Å². The van der Waals surface area contributed by atoms with Gasteiger partial charge < -0.3 is 9.84 Å². The van der Waals surface area contributed by atoms with Gasteiger partial charge in [-0.15, -0.1) is 6.42 Å². The van der Waals surface area contributed by atoms with Crippen molar-refractivity contribution in [3.05, 3.63) is 71.0 Å². The fourth-order valence-electron chi connectivity index (χ4n) is 2.53. The molecule has 0 bridgehead atoms. The van der Waals surface area contributed by atoms with E-state index in [-0.39, 0.29) is 32.1 Å². The van der Waals surface area contributed by atoms with E-state index in [1.807, 2.05) is 0 Å². The minimum atomic E-state index is -0.840. The van der Waals surface area contributed by atoms with Gasteiger partial charge in [-0.2, -0.15) is 0 Å². The summed E-state index contributed by atoms with van der Waals surface area (Å²) in [6, 6.07) is 9.26. The summed E-state index contributed by atoms with van der Waals surface area (Å²) in [5.41, 5.74) is 1.09. The Kier molecular flexibility index (Phi) is 7.67. The van der Waals surface area contributed by atoms with Crippen molar-refractivity contribution in [3.63, 3.8) is 0 Å². The SMILES string of the molecule is C#CCOCC(O)CN(Cc1ccc(F)cc1)Cc1ccc(F)cc1F. The summed E-state index contributed by atoms with van der Waals surface area (Å²) in [5.74, 6) is 0.639. The lowest BCUT2D eigenvalue weighted by Crippen LogP contribution is -2.34. The van der Waals surface area contributed by atoms with E-state index >= 15 is 0 Å². The van der Waals surface area contributed by atoms with Crippen LogP contribution in [0.4, 0.5) is 13.2 Å². The number of nitrogens with zero attached hydrogens (tertiary/aromatic N) is 1. The summed E-state index contributed by atoms with van der Waals surface area (Å²) >= 11 is 0. The average molecular weight is 363 g/mol. The van der Waals surface area contributed by atoms with E-state index in [1.54, 1.807) is 17.0 Å². The second kappa shape index (κ2) is 9.97. The van der Waals surface area contributed by atoms with Crippen LogP contribution in [0.2, 0.25) is 0 Å². The van der Waals surface area contributed by atoms with Crippen LogP contribution < -0.4 is 0 Å². The van der Waals surface area contributed by atoms with E-state index in [0.29, 0.717) is 12.1 Å². The molecule has 1 N–H and O–H groups in total. The minimum Gasteiger partial charge on any atom is -0.389 e. The van der Waals surface area contributed by atoms with Crippen LogP contribution >= 0.6 is 0 Å². The molecule has 6 heteroatoms. The third-order valence-corrected chi connectivity index (χ3v) is 3.69. The lowest BCUT2D eigenvalue weighted by atomic mass is 10.1. The molecule has 0 aliphatic carbocycles. The molecular formula is C20H20F3NO2.